The Morgan fingerprint density at radius 2 is 2.10 bits per heavy atom. The van der Waals surface area contributed by atoms with Gasteiger partial charge in [0.1, 0.15) is 11.6 Å². The average Bonchev–Trinajstić information content (AvgIpc) is 2.73. The molecule has 4 nitrogen and oxygen atoms in total. The molecule has 0 saturated carbocycles. The molecule has 1 heterocycles. The van der Waals surface area contributed by atoms with Crippen LogP contribution in [0.1, 0.15) is 17.0 Å². The first-order chi connectivity index (χ1) is 9.11. The van der Waals surface area contributed by atoms with Gasteiger partial charge in [0.2, 0.25) is 0 Å². The standard InChI is InChI=1S/C13H17FN4S.ClH/c1-9-4-5-11(14)6-10(9)8-19-13-17-16-12(7-15-2)18(13)3;/h4-6,15H,7-8H2,1-3H3;1H. The number of rotatable bonds is 5. The Morgan fingerprint density at radius 3 is 2.80 bits per heavy atom. The zero-order chi connectivity index (χ0) is 13.8. The number of thioether (sulfide) groups is 1. The Kier molecular flexibility index (Phi) is 6.45. The van der Waals surface area contributed by atoms with Gasteiger partial charge in [-0.15, -0.1) is 22.6 Å². The molecule has 0 aliphatic rings. The predicted octanol–water partition coefficient (Wildman–Crippen LogP) is 2.70. The topological polar surface area (TPSA) is 42.7 Å². The van der Waals surface area contributed by atoms with Crippen molar-refractivity contribution in [3.8, 4) is 0 Å². The summed E-state index contributed by atoms with van der Waals surface area (Å²) in [7, 11) is 3.81. The molecule has 1 aromatic heterocycles. The van der Waals surface area contributed by atoms with Gasteiger partial charge in [0.25, 0.3) is 0 Å². The normalized spacial score (nSPS) is 10.4. The molecule has 0 unspecified atom stereocenters. The van der Waals surface area contributed by atoms with Crippen LogP contribution in [-0.2, 0) is 19.3 Å². The van der Waals surface area contributed by atoms with Gasteiger partial charge in [-0.2, -0.15) is 0 Å². The van der Waals surface area contributed by atoms with Gasteiger partial charge in [0.15, 0.2) is 5.16 Å². The second-order valence-electron chi connectivity index (χ2n) is 4.35. The minimum Gasteiger partial charge on any atom is -0.313 e. The zero-order valence-corrected chi connectivity index (χ0v) is 13.3. The second kappa shape index (κ2) is 7.61. The SMILES string of the molecule is CNCc1nnc(SCc2cc(F)ccc2C)n1C.Cl. The third kappa shape index (κ3) is 3.94. The van der Waals surface area contributed by atoms with E-state index >= 15 is 0 Å². The zero-order valence-electron chi connectivity index (χ0n) is 11.7. The van der Waals surface area contributed by atoms with Crippen molar-refractivity contribution in [3.63, 3.8) is 0 Å². The summed E-state index contributed by atoms with van der Waals surface area (Å²) in [6.07, 6.45) is 0. The molecule has 0 aliphatic carbocycles. The number of nitrogens with one attached hydrogen (secondary N) is 1. The molecule has 0 bridgehead atoms. The lowest BCUT2D eigenvalue weighted by molar-refractivity contribution is 0.626. The highest BCUT2D eigenvalue weighted by Crippen LogP contribution is 2.23. The van der Waals surface area contributed by atoms with Gasteiger partial charge in [-0.1, -0.05) is 17.8 Å². The maximum atomic E-state index is 13.2. The maximum absolute atomic E-state index is 13.2. The fourth-order valence-corrected chi connectivity index (χ4v) is 2.71. The third-order valence-corrected chi connectivity index (χ3v) is 4.00. The summed E-state index contributed by atoms with van der Waals surface area (Å²) in [5.74, 6) is 1.38. The minimum atomic E-state index is -0.199. The predicted molar refractivity (Wildman–Crippen MR) is 81.7 cm³/mol. The van der Waals surface area contributed by atoms with E-state index in [0.717, 1.165) is 22.1 Å². The molecule has 7 heteroatoms. The highest BCUT2D eigenvalue weighted by Gasteiger charge is 2.09. The van der Waals surface area contributed by atoms with Gasteiger partial charge >= 0.3 is 0 Å². The molecule has 110 valence electrons. The second-order valence-corrected chi connectivity index (χ2v) is 5.29. The van der Waals surface area contributed by atoms with Crippen molar-refractivity contribution < 1.29 is 4.39 Å². The van der Waals surface area contributed by atoms with Gasteiger partial charge in [-0.05, 0) is 37.2 Å². The van der Waals surface area contributed by atoms with Crippen LogP contribution in [0.3, 0.4) is 0 Å². The molecule has 2 rings (SSSR count). The molecular weight excluding hydrogens is 299 g/mol. The largest absolute Gasteiger partial charge is 0.313 e. The van der Waals surface area contributed by atoms with E-state index in [-0.39, 0.29) is 18.2 Å². The molecule has 2 aromatic rings. The van der Waals surface area contributed by atoms with Gasteiger partial charge in [-0.25, -0.2) is 4.39 Å². The molecule has 1 N–H and O–H groups in total. The number of hydrogen-bond donors (Lipinski definition) is 1. The van der Waals surface area contributed by atoms with Crippen molar-refractivity contribution in [2.75, 3.05) is 7.05 Å². The molecule has 0 amide bonds. The molecule has 0 saturated heterocycles. The molecule has 0 atom stereocenters. The molecular formula is C13H18ClFN4S. The van der Waals surface area contributed by atoms with Crippen LogP contribution in [0.25, 0.3) is 0 Å². The summed E-state index contributed by atoms with van der Waals surface area (Å²) in [4.78, 5) is 0. The maximum Gasteiger partial charge on any atom is 0.191 e. The molecule has 20 heavy (non-hydrogen) atoms. The van der Waals surface area contributed by atoms with Crippen LogP contribution in [-0.4, -0.2) is 21.8 Å². The molecule has 1 aromatic carbocycles. The van der Waals surface area contributed by atoms with Crippen LogP contribution in [0, 0.1) is 12.7 Å². The highest BCUT2D eigenvalue weighted by atomic mass is 35.5. The number of nitrogens with zero attached hydrogens (tertiary/aromatic N) is 3. The van der Waals surface area contributed by atoms with Crippen LogP contribution in [0.5, 0.6) is 0 Å². The van der Waals surface area contributed by atoms with Crippen LogP contribution < -0.4 is 5.32 Å². The van der Waals surface area contributed by atoms with Crippen LogP contribution in [0.15, 0.2) is 23.4 Å². The van der Waals surface area contributed by atoms with E-state index in [9.17, 15) is 4.39 Å². The van der Waals surface area contributed by atoms with E-state index in [1.807, 2.05) is 25.6 Å². The van der Waals surface area contributed by atoms with Gasteiger partial charge in [-0.3, -0.25) is 0 Å². The van der Waals surface area contributed by atoms with E-state index in [1.165, 1.54) is 6.07 Å². The van der Waals surface area contributed by atoms with E-state index < -0.39 is 0 Å². The fourth-order valence-electron chi connectivity index (χ4n) is 1.72. The van der Waals surface area contributed by atoms with Crippen molar-refractivity contribution in [1.82, 2.24) is 20.1 Å². The van der Waals surface area contributed by atoms with E-state index in [4.69, 9.17) is 0 Å². The van der Waals surface area contributed by atoms with Gasteiger partial charge in [0.05, 0.1) is 6.54 Å². The summed E-state index contributed by atoms with van der Waals surface area (Å²) in [6.45, 7) is 2.67. The molecule has 0 radical (unpaired) electrons. The third-order valence-electron chi connectivity index (χ3n) is 2.93. The minimum absolute atomic E-state index is 0. The Morgan fingerprint density at radius 1 is 1.35 bits per heavy atom. The highest BCUT2D eigenvalue weighted by molar-refractivity contribution is 7.98. The lowest BCUT2D eigenvalue weighted by Gasteiger charge is -2.06. The summed E-state index contributed by atoms with van der Waals surface area (Å²) < 4.78 is 15.2. The van der Waals surface area contributed by atoms with Crippen molar-refractivity contribution in [2.24, 2.45) is 7.05 Å². The van der Waals surface area contributed by atoms with E-state index in [2.05, 4.69) is 15.5 Å². The van der Waals surface area contributed by atoms with Crippen LogP contribution in [0.4, 0.5) is 4.39 Å². The fraction of sp³-hybridized carbons (Fsp3) is 0.385. The first-order valence-corrected chi connectivity index (χ1v) is 7.01. The van der Waals surface area contributed by atoms with E-state index in [1.54, 1.807) is 23.9 Å². The average molecular weight is 317 g/mol. The van der Waals surface area contributed by atoms with Crippen LogP contribution in [0.2, 0.25) is 0 Å². The lowest BCUT2D eigenvalue weighted by atomic mass is 10.1. The van der Waals surface area contributed by atoms with Crippen LogP contribution >= 0.6 is 24.2 Å². The summed E-state index contributed by atoms with van der Waals surface area (Å²) in [5.41, 5.74) is 2.08. The first kappa shape index (κ1) is 16.9. The Bertz CT molecular complexity index is 573. The van der Waals surface area contributed by atoms with E-state index in [0.29, 0.717) is 12.3 Å². The van der Waals surface area contributed by atoms with Crippen molar-refractivity contribution in [2.45, 2.75) is 24.4 Å². The van der Waals surface area contributed by atoms with Crippen molar-refractivity contribution in [1.29, 1.82) is 0 Å². The monoisotopic (exact) mass is 316 g/mol. The van der Waals surface area contributed by atoms with Gasteiger partial charge in [0, 0.05) is 12.8 Å². The summed E-state index contributed by atoms with van der Waals surface area (Å²) >= 11 is 1.56. The number of hydrogen-bond acceptors (Lipinski definition) is 4. The van der Waals surface area contributed by atoms with Gasteiger partial charge < -0.3 is 9.88 Å². The molecule has 0 spiro atoms. The van der Waals surface area contributed by atoms with Crippen molar-refractivity contribution >= 4 is 24.2 Å². The number of halogens is 2. The molecule has 0 fully saturated rings. The summed E-state index contributed by atoms with van der Waals surface area (Å²) in [5, 5.41) is 12.1. The number of benzene rings is 1. The number of aromatic nitrogens is 3. The smallest absolute Gasteiger partial charge is 0.191 e. The summed E-state index contributed by atoms with van der Waals surface area (Å²) in [6, 6.07) is 4.86. The quantitative estimate of drug-likeness (QED) is 0.861. The Labute approximate surface area is 128 Å². The lowest BCUT2D eigenvalue weighted by Crippen LogP contribution is -2.10. The Balaban J connectivity index is 0.00000200. The Hall–Kier alpha value is -1.11. The first-order valence-electron chi connectivity index (χ1n) is 6.02. The number of aryl methyl sites for hydroxylation is 1. The molecule has 0 aliphatic heterocycles. The van der Waals surface area contributed by atoms with Crippen molar-refractivity contribution in [3.05, 3.63) is 41.0 Å².